The number of hydrogen-bond donors (Lipinski definition) is 1. The van der Waals surface area contributed by atoms with Gasteiger partial charge in [0.2, 0.25) is 11.8 Å². The molecule has 0 aromatic heterocycles. The molecule has 2 rings (SSSR count). The van der Waals surface area contributed by atoms with E-state index in [9.17, 15) is 9.59 Å². The summed E-state index contributed by atoms with van der Waals surface area (Å²) in [5.41, 5.74) is 1.16. The van der Waals surface area contributed by atoms with Crippen molar-refractivity contribution in [3.05, 3.63) is 34.9 Å². The van der Waals surface area contributed by atoms with Crippen LogP contribution in [0.25, 0.3) is 0 Å². The molecule has 0 radical (unpaired) electrons. The van der Waals surface area contributed by atoms with Crippen molar-refractivity contribution in [2.45, 2.75) is 19.3 Å². The van der Waals surface area contributed by atoms with E-state index < -0.39 is 0 Å². The minimum Gasteiger partial charge on any atom is -0.355 e. The first kappa shape index (κ1) is 18.7. The smallest absolute Gasteiger partial charge is 0.234 e. The van der Waals surface area contributed by atoms with Crippen molar-refractivity contribution in [1.29, 1.82) is 0 Å². The molecule has 2 amide bonds. The van der Waals surface area contributed by atoms with Gasteiger partial charge in [0.15, 0.2) is 0 Å². The van der Waals surface area contributed by atoms with E-state index in [4.69, 9.17) is 11.6 Å². The van der Waals surface area contributed by atoms with Gasteiger partial charge < -0.3 is 10.2 Å². The van der Waals surface area contributed by atoms with Crippen LogP contribution in [0.5, 0.6) is 0 Å². The minimum absolute atomic E-state index is 0.0429. The normalized spacial score (nSPS) is 16.0. The Morgan fingerprint density at radius 2 is 1.83 bits per heavy atom. The molecule has 1 N–H and O–H groups in total. The molecular formula is C18H26ClN3O2. The molecule has 24 heavy (non-hydrogen) atoms. The van der Waals surface area contributed by atoms with Crippen LogP contribution in [0.3, 0.4) is 0 Å². The molecule has 1 aliphatic heterocycles. The van der Waals surface area contributed by atoms with E-state index in [0.717, 1.165) is 42.9 Å². The first-order valence-electron chi connectivity index (χ1n) is 8.40. The molecule has 0 bridgehead atoms. The maximum atomic E-state index is 12.0. The molecule has 1 aromatic carbocycles. The molecular weight excluding hydrogens is 326 g/mol. The zero-order valence-corrected chi connectivity index (χ0v) is 15.2. The number of halogens is 1. The fourth-order valence-corrected chi connectivity index (χ4v) is 3.09. The summed E-state index contributed by atoms with van der Waals surface area (Å²) in [7, 11) is 3.59. The van der Waals surface area contributed by atoms with Gasteiger partial charge in [0, 0.05) is 31.6 Å². The standard InChI is InChI=1S/C18H26ClN3O2/c1-21(2)18(24)15-8-11-22(12-9-15)13-17(23)20-10-7-14-3-5-16(19)6-4-14/h3-6,15H,7-13H2,1-2H3,(H,20,23). The number of hydrogen-bond acceptors (Lipinski definition) is 3. The molecule has 5 nitrogen and oxygen atoms in total. The van der Waals surface area contributed by atoms with Gasteiger partial charge in [-0.15, -0.1) is 0 Å². The second-order valence-corrected chi connectivity index (χ2v) is 6.95. The zero-order chi connectivity index (χ0) is 17.5. The summed E-state index contributed by atoms with van der Waals surface area (Å²) in [6.07, 6.45) is 2.45. The highest BCUT2D eigenvalue weighted by atomic mass is 35.5. The summed E-state index contributed by atoms with van der Waals surface area (Å²) >= 11 is 5.85. The minimum atomic E-state index is 0.0429. The van der Waals surface area contributed by atoms with E-state index in [2.05, 4.69) is 10.2 Å². The summed E-state index contributed by atoms with van der Waals surface area (Å²) < 4.78 is 0. The van der Waals surface area contributed by atoms with Crippen molar-refractivity contribution in [3.63, 3.8) is 0 Å². The van der Waals surface area contributed by atoms with E-state index in [1.54, 1.807) is 19.0 Å². The van der Waals surface area contributed by atoms with E-state index in [0.29, 0.717) is 13.1 Å². The molecule has 0 unspecified atom stereocenters. The lowest BCUT2D eigenvalue weighted by Crippen LogP contribution is -2.44. The predicted octanol–water partition coefficient (Wildman–Crippen LogP) is 1.80. The maximum Gasteiger partial charge on any atom is 0.234 e. The van der Waals surface area contributed by atoms with E-state index >= 15 is 0 Å². The Morgan fingerprint density at radius 3 is 2.42 bits per heavy atom. The lowest BCUT2D eigenvalue weighted by Gasteiger charge is -2.31. The molecule has 1 aromatic rings. The van der Waals surface area contributed by atoms with E-state index in [-0.39, 0.29) is 17.7 Å². The van der Waals surface area contributed by atoms with E-state index in [1.165, 1.54) is 0 Å². The van der Waals surface area contributed by atoms with Crippen LogP contribution < -0.4 is 5.32 Å². The maximum absolute atomic E-state index is 12.0. The van der Waals surface area contributed by atoms with Crippen LogP contribution in [0.4, 0.5) is 0 Å². The molecule has 0 atom stereocenters. The highest BCUT2D eigenvalue weighted by Gasteiger charge is 2.26. The molecule has 0 saturated carbocycles. The molecule has 0 spiro atoms. The van der Waals surface area contributed by atoms with Crippen LogP contribution in [-0.4, -0.2) is 61.9 Å². The average Bonchev–Trinajstić information content (AvgIpc) is 2.56. The van der Waals surface area contributed by atoms with Gasteiger partial charge >= 0.3 is 0 Å². The van der Waals surface area contributed by atoms with Gasteiger partial charge in [0.05, 0.1) is 6.54 Å². The van der Waals surface area contributed by atoms with Crippen molar-refractivity contribution in [3.8, 4) is 0 Å². The average molecular weight is 352 g/mol. The Labute approximate surface area is 149 Å². The summed E-state index contributed by atoms with van der Waals surface area (Å²) in [6, 6.07) is 7.66. The quantitative estimate of drug-likeness (QED) is 0.850. The third-order valence-corrected chi connectivity index (χ3v) is 4.65. The lowest BCUT2D eigenvalue weighted by molar-refractivity contribution is -0.134. The van der Waals surface area contributed by atoms with Crippen molar-refractivity contribution < 1.29 is 9.59 Å². The van der Waals surface area contributed by atoms with Gasteiger partial charge in [-0.3, -0.25) is 14.5 Å². The van der Waals surface area contributed by atoms with Crippen LogP contribution >= 0.6 is 11.6 Å². The zero-order valence-electron chi connectivity index (χ0n) is 14.4. The third kappa shape index (κ3) is 5.80. The summed E-state index contributed by atoms with van der Waals surface area (Å²) in [4.78, 5) is 27.8. The highest BCUT2D eigenvalue weighted by Crippen LogP contribution is 2.18. The number of likely N-dealkylation sites (tertiary alicyclic amines) is 1. The Balaban J connectivity index is 1.64. The fraction of sp³-hybridized carbons (Fsp3) is 0.556. The Hall–Kier alpha value is -1.59. The number of nitrogens with one attached hydrogen (secondary N) is 1. The van der Waals surface area contributed by atoms with Crippen LogP contribution in [0.1, 0.15) is 18.4 Å². The van der Waals surface area contributed by atoms with Gasteiger partial charge in [-0.1, -0.05) is 23.7 Å². The second kappa shape index (κ2) is 9.04. The Bertz CT molecular complexity index is 552. The first-order chi connectivity index (χ1) is 11.5. The fourth-order valence-electron chi connectivity index (χ4n) is 2.96. The number of piperidine rings is 1. The molecule has 1 fully saturated rings. The monoisotopic (exact) mass is 351 g/mol. The van der Waals surface area contributed by atoms with Gasteiger partial charge in [-0.25, -0.2) is 0 Å². The van der Waals surface area contributed by atoms with Crippen LogP contribution in [0, 0.1) is 5.92 Å². The molecule has 1 heterocycles. The number of benzene rings is 1. The summed E-state index contributed by atoms with van der Waals surface area (Å²) in [5, 5.41) is 3.68. The molecule has 1 saturated heterocycles. The van der Waals surface area contributed by atoms with Crippen LogP contribution in [0.15, 0.2) is 24.3 Å². The Kier molecular flexibility index (Phi) is 7.06. The molecule has 1 aliphatic rings. The lowest BCUT2D eigenvalue weighted by atomic mass is 9.95. The number of carbonyl (C=O) groups is 2. The topological polar surface area (TPSA) is 52.7 Å². The number of nitrogens with zero attached hydrogens (tertiary/aromatic N) is 2. The Morgan fingerprint density at radius 1 is 1.21 bits per heavy atom. The van der Waals surface area contributed by atoms with Gasteiger partial charge in [0.25, 0.3) is 0 Å². The third-order valence-electron chi connectivity index (χ3n) is 4.39. The predicted molar refractivity (Wildman–Crippen MR) is 96.0 cm³/mol. The molecule has 0 aliphatic carbocycles. The van der Waals surface area contributed by atoms with Crippen LogP contribution in [-0.2, 0) is 16.0 Å². The molecule has 6 heteroatoms. The molecule has 132 valence electrons. The number of amides is 2. The summed E-state index contributed by atoms with van der Waals surface area (Å²) in [5.74, 6) is 0.340. The first-order valence-corrected chi connectivity index (χ1v) is 8.78. The van der Waals surface area contributed by atoms with Gasteiger partial charge in [0.1, 0.15) is 0 Å². The van der Waals surface area contributed by atoms with Gasteiger partial charge in [-0.2, -0.15) is 0 Å². The number of rotatable bonds is 6. The van der Waals surface area contributed by atoms with Crippen molar-refractivity contribution in [2.75, 3.05) is 40.3 Å². The van der Waals surface area contributed by atoms with Crippen molar-refractivity contribution >= 4 is 23.4 Å². The highest BCUT2D eigenvalue weighted by molar-refractivity contribution is 6.30. The summed E-state index contributed by atoms with van der Waals surface area (Å²) in [6.45, 7) is 2.63. The second-order valence-electron chi connectivity index (χ2n) is 6.51. The SMILES string of the molecule is CN(C)C(=O)C1CCN(CC(=O)NCCc2ccc(Cl)cc2)CC1. The largest absolute Gasteiger partial charge is 0.355 e. The van der Waals surface area contributed by atoms with E-state index in [1.807, 2.05) is 24.3 Å². The van der Waals surface area contributed by atoms with Crippen LogP contribution in [0.2, 0.25) is 5.02 Å². The van der Waals surface area contributed by atoms with Gasteiger partial charge in [-0.05, 0) is 50.0 Å². The number of carbonyl (C=O) groups excluding carboxylic acids is 2. The van der Waals surface area contributed by atoms with Crippen molar-refractivity contribution in [2.24, 2.45) is 5.92 Å². The van der Waals surface area contributed by atoms with Crippen molar-refractivity contribution in [1.82, 2.24) is 15.1 Å².